The Kier molecular flexibility index (Phi) is 5.83. The molecule has 0 saturated carbocycles. The van der Waals surface area contributed by atoms with Crippen LogP contribution in [0.2, 0.25) is 0 Å². The van der Waals surface area contributed by atoms with Gasteiger partial charge in [-0.1, -0.05) is 0 Å². The molecule has 20 heavy (non-hydrogen) atoms. The van der Waals surface area contributed by atoms with Gasteiger partial charge in [-0.3, -0.25) is 4.55 Å². The van der Waals surface area contributed by atoms with Crippen molar-refractivity contribution in [1.29, 1.82) is 0 Å². The predicted molar refractivity (Wildman–Crippen MR) is 83.7 cm³/mol. The first kappa shape index (κ1) is 16.8. The van der Waals surface area contributed by atoms with Gasteiger partial charge in [-0.25, -0.2) is 0 Å². The minimum atomic E-state index is -3.85. The highest BCUT2D eigenvalue weighted by Crippen LogP contribution is 2.22. The summed E-state index contributed by atoms with van der Waals surface area (Å²) in [7, 11) is -3.85. The molecule has 114 valence electrons. The smallest absolute Gasteiger partial charge is 0.264 e. The van der Waals surface area contributed by atoms with Gasteiger partial charge in [0.2, 0.25) is 0 Å². The van der Waals surface area contributed by atoms with E-state index in [1.807, 2.05) is 25.1 Å². The minimum Gasteiger partial charge on any atom is -0.399 e. The van der Waals surface area contributed by atoms with E-state index >= 15 is 0 Å². The van der Waals surface area contributed by atoms with Crippen LogP contribution in [-0.4, -0.2) is 31.3 Å². The Hall–Kier alpha value is -1.27. The average molecular weight is 300 g/mol. The maximum absolute atomic E-state index is 10.7. The molecule has 1 aromatic carbocycles. The first-order chi connectivity index (χ1) is 9.20. The van der Waals surface area contributed by atoms with Crippen LogP contribution < -0.4 is 10.6 Å². The van der Waals surface area contributed by atoms with E-state index in [4.69, 9.17) is 10.3 Å². The highest BCUT2D eigenvalue weighted by atomic mass is 32.2. The summed E-state index contributed by atoms with van der Waals surface area (Å²) in [4.78, 5) is 2.20. The third-order valence-corrected chi connectivity index (χ3v) is 4.06. The first-order valence-corrected chi connectivity index (χ1v) is 8.39. The van der Waals surface area contributed by atoms with Crippen molar-refractivity contribution in [3.63, 3.8) is 0 Å². The van der Waals surface area contributed by atoms with Crippen molar-refractivity contribution in [2.75, 3.05) is 22.9 Å². The summed E-state index contributed by atoms with van der Waals surface area (Å²) in [5, 5.41) is 0. The van der Waals surface area contributed by atoms with E-state index in [1.54, 1.807) is 0 Å². The van der Waals surface area contributed by atoms with Crippen LogP contribution in [0, 0.1) is 6.92 Å². The van der Waals surface area contributed by atoms with Crippen molar-refractivity contribution >= 4 is 21.5 Å². The van der Waals surface area contributed by atoms with Crippen LogP contribution in [0.25, 0.3) is 0 Å². The van der Waals surface area contributed by atoms with E-state index in [9.17, 15) is 8.42 Å². The summed E-state index contributed by atoms with van der Waals surface area (Å²) in [6.07, 6.45) is 1.16. The van der Waals surface area contributed by atoms with E-state index in [0.717, 1.165) is 23.5 Å². The Morgan fingerprint density at radius 1 is 1.30 bits per heavy atom. The van der Waals surface area contributed by atoms with Crippen molar-refractivity contribution in [1.82, 2.24) is 0 Å². The highest BCUT2D eigenvalue weighted by Gasteiger charge is 2.12. The maximum atomic E-state index is 10.7. The summed E-state index contributed by atoms with van der Waals surface area (Å²) in [6, 6.07) is 6.21. The molecule has 1 aromatic rings. The Balaban J connectivity index is 2.67. The van der Waals surface area contributed by atoms with Crippen LogP contribution in [0.5, 0.6) is 0 Å². The standard InChI is InChI=1S/C14H24N2O3S/c1-11(2)16(8-4-5-9-20(17,18)19)13-6-7-14(15)12(3)10-13/h6-7,10-11H,4-5,8-9,15H2,1-3H3,(H,17,18,19). The van der Waals surface area contributed by atoms with Crippen molar-refractivity contribution in [2.24, 2.45) is 0 Å². The molecule has 0 amide bonds. The zero-order chi connectivity index (χ0) is 15.3. The largest absolute Gasteiger partial charge is 0.399 e. The maximum Gasteiger partial charge on any atom is 0.264 e. The van der Waals surface area contributed by atoms with Crippen LogP contribution in [0.1, 0.15) is 32.3 Å². The third kappa shape index (κ3) is 5.38. The van der Waals surface area contributed by atoms with Crippen LogP contribution >= 0.6 is 0 Å². The molecule has 0 radical (unpaired) electrons. The summed E-state index contributed by atoms with van der Waals surface area (Å²) in [5.41, 5.74) is 8.70. The molecule has 0 fully saturated rings. The lowest BCUT2D eigenvalue weighted by Crippen LogP contribution is -2.32. The molecule has 1 rings (SSSR count). The van der Waals surface area contributed by atoms with E-state index in [2.05, 4.69) is 18.7 Å². The molecule has 3 N–H and O–H groups in total. The topological polar surface area (TPSA) is 83.6 Å². The van der Waals surface area contributed by atoms with Gasteiger partial charge in [-0.05, 0) is 57.4 Å². The number of unbranched alkanes of at least 4 members (excludes halogenated alkanes) is 1. The number of nitrogens with two attached hydrogens (primary N) is 1. The van der Waals surface area contributed by atoms with Gasteiger partial charge >= 0.3 is 0 Å². The molecule has 0 saturated heterocycles. The Bertz CT molecular complexity index is 541. The van der Waals surface area contributed by atoms with Gasteiger partial charge < -0.3 is 10.6 Å². The Labute approximate surface area is 121 Å². The second-order valence-electron chi connectivity index (χ2n) is 5.32. The molecule has 0 heterocycles. The fourth-order valence-electron chi connectivity index (χ4n) is 2.09. The van der Waals surface area contributed by atoms with E-state index in [0.29, 0.717) is 18.9 Å². The molecule has 0 unspecified atom stereocenters. The predicted octanol–water partition coefficient (Wildman–Crippen LogP) is 2.46. The second kappa shape index (κ2) is 6.95. The Morgan fingerprint density at radius 3 is 2.45 bits per heavy atom. The molecule has 0 aliphatic rings. The number of hydrogen-bond donors (Lipinski definition) is 2. The lowest BCUT2D eigenvalue weighted by atomic mass is 10.1. The fraction of sp³-hybridized carbons (Fsp3) is 0.571. The third-order valence-electron chi connectivity index (χ3n) is 3.26. The SMILES string of the molecule is Cc1cc(N(CCCCS(=O)(=O)O)C(C)C)ccc1N. The molecule has 0 aliphatic carbocycles. The molecule has 0 aromatic heterocycles. The quantitative estimate of drug-likeness (QED) is 0.459. The molecule has 0 atom stereocenters. The summed E-state index contributed by atoms with van der Waals surface area (Å²) < 4.78 is 30.1. The summed E-state index contributed by atoms with van der Waals surface area (Å²) >= 11 is 0. The van der Waals surface area contributed by atoms with E-state index in [1.165, 1.54) is 0 Å². The van der Waals surface area contributed by atoms with Gasteiger partial charge in [0.1, 0.15) is 0 Å². The number of hydrogen-bond acceptors (Lipinski definition) is 4. The Morgan fingerprint density at radius 2 is 1.95 bits per heavy atom. The zero-order valence-electron chi connectivity index (χ0n) is 12.3. The molecule has 0 bridgehead atoms. The molecule has 0 aliphatic heterocycles. The molecular weight excluding hydrogens is 276 g/mol. The molecule has 0 spiro atoms. The van der Waals surface area contributed by atoms with Crippen molar-refractivity contribution in [3.8, 4) is 0 Å². The highest BCUT2D eigenvalue weighted by molar-refractivity contribution is 7.85. The van der Waals surface area contributed by atoms with Crippen LogP contribution in [0.15, 0.2) is 18.2 Å². The molecular formula is C14H24N2O3S. The van der Waals surface area contributed by atoms with Crippen molar-refractivity contribution in [3.05, 3.63) is 23.8 Å². The van der Waals surface area contributed by atoms with Gasteiger partial charge in [0.05, 0.1) is 5.75 Å². The van der Waals surface area contributed by atoms with E-state index < -0.39 is 10.1 Å². The number of aryl methyl sites for hydroxylation is 1. The van der Waals surface area contributed by atoms with Gasteiger partial charge in [-0.2, -0.15) is 8.42 Å². The first-order valence-electron chi connectivity index (χ1n) is 6.78. The van der Waals surface area contributed by atoms with Crippen molar-refractivity contribution < 1.29 is 13.0 Å². The summed E-state index contributed by atoms with van der Waals surface area (Å²) in [5.74, 6) is -0.181. The van der Waals surface area contributed by atoms with Gasteiger partial charge in [0.25, 0.3) is 10.1 Å². The normalized spacial score (nSPS) is 11.8. The van der Waals surface area contributed by atoms with E-state index in [-0.39, 0.29) is 5.75 Å². The molecule has 5 nitrogen and oxygen atoms in total. The zero-order valence-corrected chi connectivity index (χ0v) is 13.2. The fourth-order valence-corrected chi connectivity index (χ4v) is 2.66. The lowest BCUT2D eigenvalue weighted by molar-refractivity contribution is 0.479. The van der Waals surface area contributed by atoms with Crippen LogP contribution in [0.4, 0.5) is 11.4 Å². The van der Waals surface area contributed by atoms with Crippen molar-refractivity contribution in [2.45, 2.75) is 39.7 Å². The summed E-state index contributed by atoms with van der Waals surface area (Å²) in [6.45, 7) is 6.90. The lowest BCUT2D eigenvalue weighted by Gasteiger charge is -2.29. The molecule has 6 heteroatoms. The van der Waals surface area contributed by atoms with Crippen LogP contribution in [0.3, 0.4) is 0 Å². The average Bonchev–Trinajstić information content (AvgIpc) is 2.31. The second-order valence-corrected chi connectivity index (χ2v) is 6.89. The monoisotopic (exact) mass is 300 g/mol. The van der Waals surface area contributed by atoms with Crippen LogP contribution in [-0.2, 0) is 10.1 Å². The number of benzene rings is 1. The van der Waals surface area contributed by atoms with Gasteiger partial charge in [-0.15, -0.1) is 0 Å². The minimum absolute atomic E-state index is 0.181. The number of anilines is 2. The number of nitrogens with zero attached hydrogens (tertiary/aromatic N) is 1. The van der Waals surface area contributed by atoms with Gasteiger partial charge in [0.15, 0.2) is 0 Å². The number of rotatable bonds is 7. The van der Waals surface area contributed by atoms with Gasteiger partial charge in [0, 0.05) is 24.0 Å². The number of nitrogen functional groups attached to an aromatic ring is 1.